The van der Waals surface area contributed by atoms with Gasteiger partial charge >= 0.3 is 0 Å². The van der Waals surface area contributed by atoms with E-state index >= 15 is 0 Å². The molecule has 9 aromatic carbocycles. The fourth-order valence-electron chi connectivity index (χ4n) is 8.67. The average Bonchev–Trinajstić information content (AvgIpc) is 3.37. The first-order chi connectivity index (χ1) is 30.7. The zero-order chi connectivity index (χ0) is 41.2. The van der Waals surface area contributed by atoms with Crippen LogP contribution in [-0.4, -0.2) is 9.97 Å². The van der Waals surface area contributed by atoms with Crippen LogP contribution in [0.15, 0.2) is 243 Å². The van der Waals surface area contributed by atoms with Crippen LogP contribution in [0.25, 0.3) is 111 Å². The number of hydrogen-bond donors (Lipinski definition) is 0. The lowest BCUT2D eigenvalue weighted by Crippen LogP contribution is -1.94. The van der Waals surface area contributed by atoms with Crippen molar-refractivity contribution >= 4 is 21.7 Å². The van der Waals surface area contributed by atoms with E-state index in [0.29, 0.717) is 0 Å². The van der Waals surface area contributed by atoms with Gasteiger partial charge in [0.05, 0.1) is 22.6 Å². The predicted octanol–water partition coefficient (Wildman–Crippen LogP) is 16.1. The molecule has 0 bridgehead atoms. The summed E-state index contributed by atoms with van der Waals surface area (Å²) in [5.74, 6) is 0. The van der Waals surface area contributed by atoms with Gasteiger partial charge in [-0.1, -0.05) is 218 Å². The highest BCUT2D eigenvalue weighted by Gasteiger charge is 2.17. The van der Waals surface area contributed by atoms with Gasteiger partial charge in [-0.3, -0.25) is 0 Å². The molecule has 2 heteroatoms. The number of fused-ring (bicyclic) bond motifs is 3. The third kappa shape index (κ3) is 7.14. The monoisotopic (exact) mass is 788 g/mol. The van der Waals surface area contributed by atoms with E-state index in [2.05, 4.69) is 231 Å². The number of nitrogens with zero attached hydrogens (tertiary/aromatic N) is 2. The van der Waals surface area contributed by atoms with E-state index < -0.39 is 0 Å². The maximum atomic E-state index is 5.49. The van der Waals surface area contributed by atoms with Gasteiger partial charge in [-0.2, -0.15) is 0 Å². The Balaban J connectivity index is 1.07. The zero-order valence-corrected chi connectivity index (χ0v) is 34.0. The Kier molecular flexibility index (Phi) is 9.57. The lowest BCUT2D eigenvalue weighted by atomic mass is 9.90. The second-order valence-corrected chi connectivity index (χ2v) is 15.7. The molecule has 290 valence electrons. The van der Waals surface area contributed by atoms with Crippen molar-refractivity contribution in [1.29, 1.82) is 0 Å². The molecular formula is C60H40N2. The van der Waals surface area contributed by atoms with Gasteiger partial charge in [0.15, 0.2) is 0 Å². The number of rotatable bonds is 8. The summed E-state index contributed by atoms with van der Waals surface area (Å²) in [5, 5.41) is 3.43. The van der Waals surface area contributed by atoms with E-state index in [-0.39, 0.29) is 0 Å². The highest BCUT2D eigenvalue weighted by Crippen LogP contribution is 2.41. The van der Waals surface area contributed by atoms with Gasteiger partial charge in [0.2, 0.25) is 0 Å². The molecule has 0 aliphatic carbocycles. The van der Waals surface area contributed by atoms with Gasteiger partial charge in [-0.25, -0.2) is 9.97 Å². The molecule has 0 saturated heterocycles. The number of aromatic nitrogens is 2. The lowest BCUT2D eigenvalue weighted by Gasteiger charge is -2.16. The average molecular weight is 789 g/mol. The van der Waals surface area contributed by atoms with Crippen LogP contribution in [0, 0.1) is 0 Å². The Morgan fingerprint density at radius 1 is 0.194 bits per heavy atom. The molecule has 0 aliphatic heterocycles. The third-order valence-electron chi connectivity index (χ3n) is 11.9. The van der Waals surface area contributed by atoms with Crippen molar-refractivity contribution in [2.75, 3.05) is 0 Å². The van der Waals surface area contributed by atoms with Crippen LogP contribution in [0.5, 0.6) is 0 Å². The van der Waals surface area contributed by atoms with Crippen LogP contribution in [0.1, 0.15) is 0 Å². The topological polar surface area (TPSA) is 25.8 Å². The normalized spacial score (nSPS) is 11.2. The smallest absolute Gasteiger partial charge is 0.0794 e. The summed E-state index contributed by atoms with van der Waals surface area (Å²) in [6.45, 7) is 0. The van der Waals surface area contributed by atoms with Crippen molar-refractivity contribution in [2.45, 2.75) is 0 Å². The molecule has 0 fully saturated rings. The van der Waals surface area contributed by atoms with Crippen LogP contribution in [0.4, 0.5) is 0 Å². The second kappa shape index (κ2) is 16.1. The maximum absolute atomic E-state index is 5.49. The highest BCUT2D eigenvalue weighted by molar-refractivity contribution is 6.16. The first kappa shape index (κ1) is 36.8. The van der Waals surface area contributed by atoms with E-state index in [1.54, 1.807) is 0 Å². The van der Waals surface area contributed by atoms with E-state index in [1.807, 2.05) is 12.1 Å². The van der Waals surface area contributed by atoms with Crippen LogP contribution in [-0.2, 0) is 0 Å². The number of benzene rings is 9. The molecule has 11 rings (SSSR count). The Hall–Kier alpha value is -8.20. The van der Waals surface area contributed by atoms with E-state index in [1.165, 1.54) is 38.8 Å². The fourth-order valence-corrected chi connectivity index (χ4v) is 8.67. The van der Waals surface area contributed by atoms with Crippen LogP contribution in [0.2, 0.25) is 0 Å². The minimum Gasteiger partial charge on any atom is -0.248 e. The van der Waals surface area contributed by atoms with Crippen molar-refractivity contribution in [3.05, 3.63) is 243 Å². The van der Waals surface area contributed by atoms with Gasteiger partial charge in [0.1, 0.15) is 0 Å². The summed E-state index contributed by atoms with van der Waals surface area (Å²) in [6.07, 6.45) is 0. The molecule has 2 aromatic heterocycles. The summed E-state index contributed by atoms with van der Waals surface area (Å²) in [4.78, 5) is 10.6. The van der Waals surface area contributed by atoms with E-state index in [4.69, 9.17) is 9.97 Å². The fraction of sp³-hybridized carbons (Fsp3) is 0. The molecule has 0 aliphatic rings. The van der Waals surface area contributed by atoms with E-state index in [9.17, 15) is 0 Å². The van der Waals surface area contributed by atoms with Crippen LogP contribution < -0.4 is 0 Å². The summed E-state index contributed by atoms with van der Waals surface area (Å²) in [5.41, 5.74) is 18.8. The van der Waals surface area contributed by atoms with Gasteiger partial charge in [0.25, 0.3) is 0 Å². The molecular weight excluding hydrogens is 749 g/mol. The van der Waals surface area contributed by atoms with Crippen molar-refractivity contribution < 1.29 is 0 Å². The van der Waals surface area contributed by atoms with Crippen molar-refractivity contribution in [1.82, 2.24) is 9.97 Å². The van der Waals surface area contributed by atoms with Gasteiger partial charge < -0.3 is 0 Å². The van der Waals surface area contributed by atoms with Crippen LogP contribution >= 0.6 is 0 Å². The first-order valence-electron chi connectivity index (χ1n) is 21.1. The summed E-state index contributed by atoms with van der Waals surface area (Å²) in [6, 6.07) is 86.5. The first-order valence-corrected chi connectivity index (χ1v) is 21.1. The minimum absolute atomic E-state index is 0.940. The molecule has 0 saturated carbocycles. The van der Waals surface area contributed by atoms with Crippen molar-refractivity contribution in [2.24, 2.45) is 0 Å². The molecule has 2 nitrogen and oxygen atoms in total. The highest BCUT2D eigenvalue weighted by atomic mass is 14.7. The molecule has 0 radical (unpaired) electrons. The number of pyridine rings is 2. The Morgan fingerprint density at radius 3 is 1.00 bits per heavy atom. The molecule has 0 amide bonds. The molecule has 0 N–H and O–H groups in total. The summed E-state index contributed by atoms with van der Waals surface area (Å²) < 4.78 is 0. The van der Waals surface area contributed by atoms with Gasteiger partial charge in [-0.15, -0.1) is 0 Å². The molecule has 0 spiro atoms. The van der Waals surface area contributed by atoms with Crippen molar-refractivity contribution in [3.63, 3.8) is 0 Å². The maximum Gasteiger partial charge on any atom is 0.0794 e. The standard InChI is InChI=1S/C60H40N2/c1-5-15-41(16-6-1)43-25-31-46(32-26-43)54-39-56-55(40-59(62-60(56)53-24-14-13-23-52(53)54)50-35-29-44(30-36-50)42-17-7-2-8-18-42)47-33-27-45(28-34-47)51-37-57(48-19-9-3-10-20-48)61-58(38-51)49-21-11-4-12-22-49/h1-40H. The second-order valence-electron chi connectivity index (χ2n) is 15.7. The van der Waals surface area contributed by atoms with E-state index in [0.717, 1.165) is 72.3 Å². The zero-order valence-electron chi connectivity index (χ0n) is 34.0. The largest absolute Gasteiger partial charge is 0.248 e. The quantitative estimate of drug-likeness (QED) is 0.143. The van der Waals surface area contributed by atoms with Gasteiger partial charge in [0, 0.05) is 27.5 Å². The van der Waals surface area contributed by atoms with Gasteiger partial charge in [-0.05, 0) is 85.3 Å². The third-order valence-corrected chi connectivity index (χ3v) is 11.9. The molecule has 11 aromatic rings. The Morgan fingerprint density at radius 2 is 0.516 bits per heavy atom. The summed E-state index contributed by atoms with van der Waals surface area (Å²) in [7, 11) is 0. The number of hydrogen-bond acceptors (Lipinski definition) is 2. The Labute approximate surface area is 362 Å². The SMILES string of the molecule is c1ccc(-c2ccc(-c3cc(-c4ccc(-c5cc(-c6ccccc6)nc(-c6ccccc6)c5)cc4)c4cc(-c5ccc(-c6ccccc6)cc5)c5ccccc5c4n3)cc2)cc1. The van der Waals surface area contributed by atoms with Crippen molar-refractivity contribution in [3.8, 4) is 89.4 Å². The van der Waals surface area contributed by atoms with Crippen LogP contribution in [0.3, 0.4) is 0 Å². The molecule has 62 heavy (non-hydrogen) atoms. The predicted molar refractivity (Wildman–Crippen MR) is 261 cm³/mol. The lowest BCUT2D eigenvalue weighted by molar-refractivity contribution is 1.32. The Bertz CT molecular complexity index is 3270. The summed E-state index contributed by atoms with van der Waals surface area (Å²) >= 11 is 0. The minimum atomic E-state index is 0.940. The molecule has 2 heterocycles. The molecule has 0 unspecified atom stereocenters. The molecule has 0 atom stereocenters.